The Morgan fingerprint density at radius 3 is 2.88 bits per heavy atom. The third kappa shape index (κ3) is 3.18. The molecule has 1 saturated heterocycles. The molecule has 1 fully saturated rings. The summed E-state index contributed by atoms with van der Waals surface area (Å²) < 4.78 is 5.02. The number of aromatic nitrogens is 1. The Balaban J connectivity index is 1.72. The number of hydrogen-bond donors (Lipinski definition) is 0. The fraction of sp³-hybridized carbons (Fsp3) is 0.353. The number of hydrogen-bond acceptors (Lipinski definition) is 5. The number of rotatable bonds is 5. The van der Waals surface area contributed by atoms with Crippen molar-refractivity contribution in [1.82, 2.24) is 9.88 Å². The minimum atomic E-state index is -0.453. The minimum absolute atomic E-state index is 0.0515. The van der Waals surface area contributed by atoms with Gasteiger partial charge in [-0.2, -0.15) is 0 Å². The lowest BCUT2D eigenvalue weighted by molar-refractivity contribution is -0.120. The van der Waals surface area contributed by atoms with Gasteiger partial charge in [0.05, 0.1) is 6.61 Å². The second-order valence-electron chi connectivity index (χ2n) is 5.61. The molecular formula is C17H19N3O3S. The van der Waals surface area contributed by atoms with Gasteiger partial charge in [-0.05, 0) is 18.6 Å². The molecule has 0 bridgehead atoms. The normalized spacial score (nSPS) is 17.3. The Bertz CT molecular complexity index is 732. The monoisotopic (exact) mass is 345 g/mol. The highest BCUT2D eigenvalue weighted by molar-refractivity contribution is 7.09. The Morgan fingerprint density at radius 1 is 1.42 bits per heavy atom. The Morgan fingerprint density at radius 2 is 2.17 bits per heavy atom. The van der Waals surface area contributed by atoms with E-state index in [1.807, 2.05) is 30.3 Å². The molecule has 2 heterocycles. The van der Waals surface area contributed by atoms with E-state index in [1.54, 1.807) is 24.4 Å². The average Bonchev–Trinajstić information content (AvgIpc) is 3.21. The van der Waals surface area contributed by atoms with E-state index in [9.17, 15) is 9.59 Å². The molecule has 1 unspecified atom stereocenters. The molecule has 7 heteroatoms. The summed E-state index contributed by atoms with van der Waals surface area (Å²) in [6.07, 6.45) is 0.616. The zero-order valence-corrected chi connectivity index (χ0v) is 14.5. The summed E-state index contributed by atoms with van der Waals surface area (Å²) in [4.78, 5) is 32.8. The largest absolute Gasteiger partial charge is 0.378 e. The Kier molecular flexibility index (Phi) is 4.92. The lowest BCUT2D eigenvalue weighted by Gasteiger charge is -2.23. The van der Waals surface area contributed by atoms with Gasteiger partial charge in [0.25, 0.3) is 5.91 Å². The van der Waals surface area contributed by atoms with Gasteiger partial charge in [0.15, 0.2) is 0 Å². The van der Waals surface area contributed by atoms with Crippen molar-refractivity contribution in [2.45, 2.75) is 19.1 Å². The van der Waals surface area contributed by atoms with Crippen LogP contribution in [0.1, 0.15) is 21.9 Å². The number of anilines is 1. The van der Waals surface area contributed by atoms with E-state index in [0.29, 0.717) is 25.3 Å². The highest BCUT2D eigenvalue weighted by atomic mass is 32.1. The molecular weight excluding hydrogens is 326 g/mol. The van der Waals surface area contributed by atoms with Gasteiger partial charge in [-0.3, -0.25) is 9.59 Å². The highest BCUT2D eigenvalue weighted by Gasteiger charge is 2.37. The summed E-state index contributed by atoms with van der Waals surface area (Å²) in [7, 11) is 3.25. The second kappa shape index (κ2) is 7.11. The first kappa shape index (κ1) is 16.6. The molecule has 6 nitrogen and oxygen atoms in total. The molecule has 1 aromatic heterocycles. The van der Waals surface area contributed by atoms with Crippen LogP contribution in [0.4, 0.5) is 5.69 Å². The number of para-hydroxylation sites is 1. The van der Waals surface area contributed by atoms with Crippen LogP contribution >= 0.6 is 11.3 Å². The molecule has 2 amide bonds. The van der Waals surface area contributed by atoms with E-state index >= 15 is 0 Å². The summed E-state index contributed by atoms with van der Waals surface area (Å²) in [6, 6.07) is 9.07. The quantitative estimate of drug-likeness (QED) is 0.833. The molecule has 1 aliphatic heterocycles. The number of methoxy groups -OCH3 is 1. The zero-order valence-electron chi connectivity index (χ0n) is 13.6. The predicted molar refractivity (Wildman–Crippen MR) is 92.1 cm³/mol. The summed E-state index contributed by atoms with van der Waals surface area (Å²) >= 11 is 1.38. The van der Waals surface area contributed by atoms with Crippen LogP contribution in [0.2, 0.25) is 0 Å². The van der Waals surface area contributed by atoms with Crippen molar-refractivity contribution in [2.24, 2.45) is 0 Å². The molecule has 0 saturated carbocycles. The van der Waals surface area contributed by atoms with Crippen molar-refractivity contribution in [1.29, 1.82) is 0 Å². The number of likely N-dealkylation sites (N-methyl/N-ethyl adjacent to an activating group) is 1. The van der Waals surface area contributed by atoms with Crippen LogP contribution in [0.3, 0.4) is 0 Å². The van der Waals surface area contributed by atoms with E-state index in [0.717, 1.165) is 10.7 Å². The van der Waals surface area contributed by atoms with Gasteiger partial charge in [-0.15, -0.1) is 11.3 Å². The van der Waals surface area contributed by atoms with Gasteiger partial charge in [-0.1, -0.05) is 18.2 Å². The van der Waals surface area contributed by atoms with Crippen LogP contribution in [-0.4, -0.2) is 48.4 Å². The third-order valence-electron chi connectivity index (χ3n) is 4.07. The van der Waals surface area contributed by atoms with Crippen LogP contribution < -0.4 is 4.90 Å². The molecule has 0 N–H and O–H groups in total. The molecule has 1 aliphatic rings. The van der Waals surface area contributed by atoms with Crippen LogP contribution in [-0.2, 0) is 16.1 Å². The number of ether oxygens (including phenoxy) is 1. The summed E-state index contributed by atoms with van der Waals surface area (Å²) in [5, 5.41) is 2.46. The number of benzene rings is 1. The maximum Gasteiger partial charge on any atom is 0.273 e. The van der Waals surface area contributed by atoms with Gasteiger partial charge in [0.1, 0.15) is 16.7 Å². The van der Waals surface area contributed by atoms with Gasteiger partial charge in [-0.25, -0.2) is 4.98 Å². The van der Waals surface area contributed by atoms with E-state index in [4.69, 9.17) is 4.74 Å². The maximum absolute atomic E-state index is 12.7. The van der Waals surface area contributed by atoms with Crippen molar-refractivity contribution < 1.29 is 14.3 Å². The zero-order chi connectivity index (χ0) is 17.1. The van der Waals surface area contributed by atoms with Gasteiger partial charge in [0.2, 0.25) is 5.91 Å². The molecule has 1 aromatic carbocycles. The Labute approximate surface area is 144 Å². The molecule has 2 aromatic rings. The van der Waals surface area contributed by atoms with Gasteiger partial charge >= 0.3 is 0 Å². The molecule has 126 valence electrons. The van der Waals surface area contributed by atoms with Crippen molar-refractivity contribution >= 4 is 28.8 Å². The first-order chi connectivity index (χ1) is 11.6. The standard InChI is InChI=1S/C17H19N3O3S/c1-19(16(21)13-11-24-15(18-13)10-23-2)14-8-9-20(17(14)22)12-6-4-3-5-7-12/h3-7,11,14H,8-10H2,1-2H3. The fourth-order valence-corrected chi connectivity index (χ4v) is 3.55. The van der Waals surface area contributed by atoms with Gasteiger partial charge in [0, 0.05) is 31.8 Å². The third-order valence-corrected chi connectivity index (χ3v) is 4.89. The SMILES string of the molecule is COCc1nc(C(=O)N(C)C2CCN(c3ccccc3)C2=O)cs1. The number of amides is 2. The number of carbonyl (C=O) groups excluding carboxylic acids is 2. The van der Waals surface area contributed by atoms with Crippen molar-refractivity contribution in [2.75, 3.05) is 25.6 Å². The van der Waals surface area contributed by atoms with Gasteiger partial charge < -0.3 is 14.5 Å². The van der Waals surface area contributed by atoms with Crippen LogP contribution in [0.5, 0.6) is 0 Å². The first-order valence-electron chi connectivity index (χ1n) is 7.68. The molecule has 1 atom stereocenters. The lowest BCUT2D eigenvalue weighted by Crippen LogP contribution is -2.43. The van der Waals surface area contributed by atoms with Crippen molar-refractivity contribution in [3.63, 3.8) is 0 Å². The van der Waals surface area contributed by atoms with Crippen LogP contribution in [0, 0.1) is 0 Å². The average molecular weight is 345 g/mol. The lowest BCUT2D eigenvalue weighted by atomic mass is 10.2. The fourth-order valence-electron chi connectivity index (χ4n) is 2.81. The minimum Gasteiger partial charge on any atom is -0.378 e. The molecule has 24 heavy (non-hydrogen) atoms. The highest BCUT2D eigenvalue weighted by Crippen LogP contribution is 2.24. The molecule has 0 spiro atoms. The number of carbonyl (C=O) groups is 2. The predicted octanol–water partition coefficient (Wildman–Crippen LogP) is 2.17. The number of nitrogens with zero attached hydrogens (tertiary/aromatic N) is 3. The van der Waals surface area contributed by atoms with E-state index in [1.165, 1.54) is 16.2 Å². The Hall–Kier alpha value is -2.25. The molecule has 3 rings (SSSR count). The summed E-state index contributed by atoms with van der Waals surface area (Å²) in [5.74, 6) is -0.286. The maximum atomic E-state index is 12.7. The molecule has 0 radical (unpaired) electrons. The number of thiazole rings is 1. The van der Waals surface area contributed by atoms with Crippen molar-refractivity contribution in [3.8, 4) is 0 Å². The summed E-state index contributed by atoms with van der Waals surface area (Å²) in [5.41, 5.74) is 1.22. The van der Waals surface area contributed by atoms with Crippen LogP contribution in [0.15, 0.2) is 35.7 Å². The van der Waals surface area contributed by atoms with E-state index < -0.39 is 6.04 Å². The van der Waals surface area contributed by atoms with Crippen molar-refractivity contribution in [3.05, 3.63) is 46.4 Å². The smallest absolute Gasteiger partial charge is 0.273 e. The van der Waals surface area contributed by atoms with E-state index in [-0.39, 0.29) is 11.8 Å². The molecule has 0 aliphatic carbocycles. The van der Waals surface area contributed by atoms with E-state index in [2.05, 4.69) is 4.98 Å². The first-order valence-corrected chi connectivity index (χ1v) is 8.56. The summed E-state index contributed by atoms with van der Waals surface area (Å²) in [6.45, 7) is 0.989. The topological polar surface area (TPSA) is 62.7 Å². The second-order valence-corrected chi connectivity index (χ2v) is 6.55. The van der Waals surface area contributed by atoms with Crippen LogP contribution in [0.25, 0.3) is 0 Å².